The summed E-state index contributed by atoms with van der Waals surface area (Å²) < 4.78 is 11.2. The molecular formula is C18H27NO3. The largest absolute Gasteiger partial charge is 0.493 e. The van der Waals surface area contributed by atoms with Gasteiger partial charge in [-0.05, 0) is 62.3 Å². The van der Waals surface area contributed by atoms with Crippen LogP contribution in [0.2, 0.25) is 0 Å². The summed E-state index contributed by atoms with van der Waals surface area (Å²) in [5.74, 6) is 1.60. The maximum Gasteiger partial charge on any atom is 0.256 e. The van der Waals surface area contributed by atoms with E-state index in [1.165, 1.54) is 0 Å². The number of aryl methyl sites for hydroxylation is 1. The summed E-state index contributed by atoms with van der Waals surface area (Å²) in [6, 6.07) is 5.73. The van der Waals surface area contributed by atoms with Crippen LogP contribution in [-0.2, 0) is 9.53 Å². The van der Waals surface area contributed by atoms with E-state index >= 15 is 0 Å². The summed E-state index contributed by atoms with van der Waals surface area (Å²) in [6.07, 6.45) is 2.11. The molecule has 1 aromatic rings. The molecule has 1 aliphatic carbocycles. The van der Waals surface area contributed by atoms with Crippen LogP contribution in [-0.4, -0.2) is 25.2 Å². The maximum absolute atomic E-state index is 12.5. The molecule has 4 heteroatoms. The summed E-state index contributed by atoms with van der Waals surface area (Å²) in [4.78, 5) is 12.5. The van der Waals surface area contributed by atoms with Crippen LogP contribution in [0.25, 0.3) is 0 Å². The van der Waals surface area contributed by atoms with Crippen molar-refractivity contribution in [2.45, 2.75) is 46.1 Å². The van der Waals surface area contributed by atoms with E-state index in [1.807, 2.05) is 32.0 Å². The molecule has 1 aliphatic rings. The highest BCUT2D eigenvalue weighted by atomic mass is 16.5. The zero-order chi connectivity index (χ0) is 16.3. The molecule has 1 N–H and O–H groups in total. The molecule has 2 rings (SSSR count). The standard InChI is InChI=1S/C18H27NO3/c1-12(2)11-22-16-9-8-15(10-13(16)3)19-17(20)18(4,21-5)14-6-7-14/h8-10,12,14H,6-7,11H2,1-5H3,(H,19,20)/t18-/m1/s1. The number of nitrogens with one attached hydrogen (secondary N) is 1. The van der Waals surface area contributed by atoms with E-state index in [4.69, 9.17) is 9.47 Å². The second kappa shape index (κ2) is 6.69. The third-order valence-corrected chi connectivity index (χ3v) is 4.24. The van der Waals surface area contributed by atoms with Crippen LogP contribution in [0.15, 0.2) is 18.2 Å². The first-order valence-electron chi connectivity index (χ1n) is 7.97. The Balaban J connectivity index is 2.04. The van der Waals surface area contributed by atoms with E-state index in [0.717, 1.165) is 29.8 Å². The minimum absolute atomic E-state index is 0.0762. The summed E-state index contributed by atoms with van der Waals surface area (Å²) in [6.45, 7) is 8.78. The highest BCUT2D eigenvalue weighted by Gasteiger charge is 2.47. The third kappa shape index (κ3) is 3.80. The zero-order valence-corrected chi connectivity index (χ0v) is 14.2. The van der Waals surface area contributed by atoms with Gasteiger partial charge in [0.1, 0.15) is 11.4 Å². The molecule has 0 heterocycles. The molecule has 0 aliphatic heterocycles. The van der Waals surface area contributed by atoms with Gasteiger partial charge in [-0.1, -0.05) is 13.8 Å². The van der Waals surface area contributed by atoms with Crippen molar-refractivity contribution in [3.63, 3.8) is 0 Å². The Bertz CT molecular complexity index is 537. The van der Waals surface area contributed by atoms with E-state index in [0.29, 0.717) is 18.4 Å². The van der Waals surface area contributed by atoms with Gasteiger partial charge < -0.3 is 14.8 Å². The number of anilines is 1. The molecule has 0 unspecified atom stereocenters. The van der Waals surface area contributed by atoms with Crippen LogP contribution in [0.1, 0.15) is 39.2 Å². The van der Waals surface area contributed by atoms with Gasteiger partial charge in [-0.2, -0.15) is 0 Å². The second-order valence-corrected chi connectivity index (χ2v) is 6.72. The first kappa shape index (κ1) is 16.8. The quantitative estimate of drug-likeness (QED) is 0.834. The van der Waals surface area contributed by atoms with Crippen molar-refractivity contribution in [3.8, 4) is 5.75 Å². The van der Waals surface area contributed by atoms with Gasteiger partial charge in [0.05, 0.1) is 6.61 Å². The highest BCUT2D eigenvalue weighted by molar-refractivity contribution is 5.97. The van der Waals surface area contributed by atoms with Gasteiger partial charge in [-0.15, -0.1) is 0 Å². The van der Waals surface area contributed by atoms with Crippen LogP contribution in [0.3, 0.4) is 0 Å². The number of hydrogen-bond acceptors (Lipinski definition) is 3. The lowest BCUT2D eigenvalue weighted by Gasteiger charge is -2.26. The number of ether oxygens (including phenoxy) is 2. The predicted molar refractivity (Wildman–Crippen MR) is 88.3 cm³/mol. The van der Waals surface area contributed by atoms with E-state index in [-0.39, 0.29) is 5.91 Å². The summed E-state index contributed by atoms with van der Waals surface area (Å²) in [7, 11) is 1.60. The average Bonchev–Trinajstić information content (AvgIpc) is 3.30. The molecule has 0 radical (unpaired) electrons. The predicted octanol–water partition coefficient (Wildman–Crippen LogP) is 3.78. The first-order valence-corrected chi connectivity index (χ1v) is 7.97. The molecule has 0 bridgehead atoms. The van der Waals surface area contributed by atoms with E-state index in [1.54, 1.807) is 7.11 Å². The van der Waals surface area contributed by atoms with Crippen molar-refractivity contribution >= 4 is 11.6 Å². The lowest BCUT2D eigenvalue weighted by Crippen LogP contribution is -2.44. The maximum atomic E-state index is 12.5. The van der Waals surface area contributed by atoms with Gasteiger partial charge in [0.15, 0.2) is 0 Å². The molecule has 1 aromatic carbocycles. The van der Waals surface area contributed by atoms with E-state index in [9.17, 15) is 4.79 Å². The number of hydrogen-bond donors (Lipinski definition) is 1. The van der Waals surface area contributed by atoms with Crippen molar-refractivity contribution in [2.24, 2.45) is 11.8 Å². The Morgan fingerprint density at radius 3 is 2.59 bits per heavy atom. The van der Waals surface area contributed by atoms with Gasteiger partial charge in [-0.25, -0.2) is 0 Å². The molecule has 0 aromatic heterocycles. The van der Waals surface area contributed by atoms with Gasteiger partial charge in [-0.3, -0.25) is 4.79 Å². The normalized spacial score (nSPS) is 17.2. The van der Waals surface area contributed by atoms with Crippen LogP contribution in [0.4, 0.5) is 5.69 Å². The topological polar surface area (TPSA) is 47.6 Å². The minimum atomic E-state index is -0.735. The molecule has 1 atom stereocenters. The third-order valence-electron chi connectivity index (χ3n) is 4.24. The zero-order valence-electron chi connectivity index (χ0n) is 14.2. The molecular weight excluding hydrogens is 278 g/mol. The highest BCUT2D eigenvalue weighted by Crippen LogP contribution is 2.42. The minimum Gasteiger partial charge on any atom is -0.493 e. The summed E-state index contributed by atoms with van der Waals surface area (Å²) >= 11 is 0. The summed E-state index contributed by atoms with van der Waals surface area (Å²) in [5, 5.41) is 2.97. The van der Waals surface area contributed by atoms with Crippen LogP contribution < -0.4 is 10.1 Å². The molecule has 1 amide bonds. The number of methoxy groups -OCH3 is 1. The average molecular weight is 305 g/mol. The van der Waals surface area contributed by atoms with Gasteiger partial charge in [0.2, 0.25) is 0 Å². The smallest absolute Gasteiger partial charge is 0.256 e. The molecule has 0 saturated heterocycles. The Hall–Kier alpha value is -1.55. The molecule has 122 valence electrons. The van der Waals surface area contributed by atoms with E-state index in [2.05, 4.69) is 19.2 Å². The Labute approximate surface area is 133 Å². The lowest BCUT2D eigenvalue weighted by atomic mass is 9.99. The van der Waals surface area contributed by atoms with Crippen LogP contribution in [0.5, 0.6) is 5.75 Å². The van der Waals surface area contributed by atoms with Crippen molar-refractivity contribution in [2.75, 3.05) is 19.0 Å². The fourth-order valence-electron chi connectivity index (χ4n) is 2.48. The lowest BCUT2D eigenvalue weighted by molar-refractivity contribution is -0.138. The van der Waals surface area contributed by atoms with Crippen molar-refractivity contribution in [3.05, 3.63) is 23.8 Å². The second-order valence-electron chi connectivity index (χ2n) is 6.72. The number of benzene rings is 1. The van der Waals surface area contributed by atoms with E-state index < -0.39 is 5.60 Å². The Morgan fingerprint density at radius 2 is 2.09 bits per heavy atom. The molecule has 1 saturated carbocycles. The van der Waals surface area contributed by atoms with Crippen molar-refractivity contribution in [1.82, 2.24) is 0 Å². The van der Waals surface area contributed by atoms with Gasteiger partial charge in [0.25, 0.3) is 5.91 Å². The number of rotatable bonds is 7. The molecule has 4 nitrogen and oxygen atoms in total. The molecule has 0 spiro atoms. The molecule has 22 heavy (non-hydrogen) atoms. The van der Waals surface area contributed by atoms with Crippen LogP contribution >= 0.6 is 0 Å². The Morgan fingerprint density at radius 1 is 1.41 bits per heavy atom. The number of carbonyl (C=O) groups excluding carboxylic acids is 1. The van der Waals surface area contributed by atoms with Gasteiger partial charge in [0, 0.05) is 12.8 Å². The van der Waals surface area contributed by atoms with Gasteiger partial charge >= 0.3 is 0 Å². The van der Waals surface area contributed by atoms with Crippen molar-refractivity contribution in [1.29, 1.82) is 0 Å². The number of carbonyl (C=O) groups is 1. The monoisotopic (exact) mass is 305 g/mol. The summed E-state index contributed by atoms with van der Waals surface area (Å²) in [5.41, 5.74) is 1.06. The fourth-order valence-corrected chi connectivity index (χ4v) is 2.48. The number of amides is 1. The molecule has 1 fully saturated rings. The SMILES string of the molecule is CO[C@@](C)(C(=O)Nc1ccc(OCC(C)C)c(C)c1)C1CC1. The fraction of sp³-hybridized carbons (Fsp3) is 0.611. The van der Waals surface area contributed by atoms with Crippen molar-refractivity contribution < 1.29 is 14.3 Å². The first-order chi connectivity index (χ1) is 10.4. The van der Waals surface area contributed by atoms with Crippen LogP contribution in [0, 0.1) is 18.8 Å². The Kier molecular flexibility index (Phi) is 5.12.